The lowest BCUT2D eigenvalue weighted by atomic mass is 10.2. The molecule has 2 aromatic rings. The van der Waals surface area contributed by atoms with Gasteiger partial charge in [0, 0.05) is 13.5 Å². The van der Waals surface area contributed by atoms with Crippen molar-refractivity contribution in [2.24, 2.45) is 7.05 Å². The van der Waals surface area contributed by atoms with Gasteiger partial charge in [-0.25, -0.2) is 15.0 Å². The van der Waals surface area contributed by atoms with E-state index in [0.717, 1.165) is 29.8 Å². The maximum absolute atomic E-state index is 4.39. The highest BCUT2D eigenvalue weighted by Gasteiger charge is 2.04. The SMILES string of the molecule is CCCCCc1n[c]c2c(ncn2C)n1. The van der Waals surface area contributed by atoms with Crippen LogP contribution in [-0.2, 0) is 13.5 Å². The molecule has 0 amide bonds. The Morgan fingerprint density at radius 3 is 3.07 bits per heavy atom. The van der Waals surface area contributed by atoms with Gasteiger partial charge in [0.15, 0.2) is 5.65 Å². The number of rotatable bonds is 4. The zero-order valence-electron chi connectivity index (χ0n) is 9.19. The molecule has 0 aromatic carbocycles. The Labute approximate surface area is 89.4 Å². The van der Waals surface area contributed by atoms with Gasteiger partial charge in [0.2, 0.25) is 0 Å². The van der Waals surface area contributed by atoms with Crippen molar-refractivity contribution in [1.82, 2.24) is 19.5 Å². The van der Waals surface area contributed by atoms with Crippen molar-refractivity contribution >= 4 is 11.2 Å². The topological polar surface area (TPSA) is 43.6 Å². The average molecular weight is 203 g/mol. The van der Waals surface area contributed by atoms with Crippen molar-refractivity contribution in [1.29, 1.82) is 0 Å². The van der Waals surface area contributed by atoms with Gasteiger partial charge in [0.25, 0.3) is 0 Å². The molecule has 0 aliphatic heterocycles. The highest BCUT2D eigenvalue weighted by Crippen LogP contribution is 2.08. The summed E-state index contributed by atoms with van der Waals surface area (Å²) < 4.78 is 1.88. The van der Waals surface area contributed by atoms with Crippen LogP contribution in [-0.4, -0.2) is 19.5 Å². The van der Waals surface area contributed by atoms with Crippen LogP contribution in [0, 0.1) is 6.20 Å². The lowest BCUT2D eigenvalue weighted by Gasteiger charge is -1.98. The predicted molar refractivity (Wildman–Crippen MR) is 58.4 cm³/mol. The Hall–Kier alpha value is -1.45. The van der Waals surface area contributed by atoms with Crippen molar-refractivity contribution in [2.75, 3.05) is 0 Å². The fourth-order valence-corrected chi connectivity index (χ4v) is 1.54. The Morgan fingerprint density at radius 2 is 2.27 bits per heavy atom. The van der Waals surface area contributed by atoms with Gasteiger partial charge in [0.05, 0.1) is 6.33 Å². The van der Waals surface area contributed by atoms with E-state index in [-0.39, 0.29) is 0 Å². The fraction of sp³-hybridized carbons (Fsp3) is 0.545. The van der Waals surface area contributed by atoms with E-state index in [9.17, 15) is 0 Å². The number of aromatic nitrogens is 4. The van der Waals surface area contributed by atoms with E-state index in [0.29, 0.717) is 0 Å². The normalized spacial score (nSPS) is 11.1. The molecule has 2 heterocycles. The van der Waals surface area contributed by atoms with Gasteiger partial charge < -0.3 is 4.57 Å². The van der Waals surface area contributed by atoms with Crippen LogP contribution in [0.2, 0.25) is 0 Å². The molecule has 2 rings (SSSR count). The van der Waals surface area contributed by atoms with E-state index in [4.69, 9.17) is 0 Å². The molecule has 1 radical (unpaired) electrons. The van der Waals surface area contributed by atoms with Crippen molar-refractivity contribution in [3.8, 4) is 0 Å². The zero-order valence-corrected chi connectivity index (χ0v) is 9.19. The summed E-state index contributed by atoms with van der Waals surface area (Å²) in [6.45, 7) is 2.19. The van der Waals surface area contributed by atoms with Crippen molar-refractivity contribution in [2.45, 2.75) is 32.6 Å². The van der Waals surface area contributed by atoms with E-state index < -0.39 is 0 Å². The molecule has 0 saturated heterocycles. The fourth-order valence-electron chi connectivity index (χ4n) is 1.54. The number of unbranched alkanes of at least 4 members (excludes halogenated alkanes) is 2. The molecule has 0 spiro atoms. The van der Waals surface area contributed by atoms with Crippen molar-refractivity contribution in [3.63, 3.8) is 0 Å². The van der Waals surface area contributed by atoms with E-state index in [1.54, 1.807) is 6.33 Å². The second-order valence-corrected chi connectivity index (χ2v) is 3.74. The molecule has 0 aliphatic rings. The van der Waals surface area contributed by atoms with Gasteiger partial charge in [0.1, 0.15) is 17.5 Å². The Bertz CT molecular complexity index is 447. The Balaban J connectivity index is 2.16. The van der Waals surface area contributed by atoms with Crippen LogP contribution in [0.15, 0.2) is 6.33 Å². The third-order valence-corrected chi connectivity index (χ3v) is 2.45. The molecular weight excluding hydrogens is 188 g/mol. The second-order valence-electron chi connectivity index (χ2n) is 3.74. The first-order chi connectivity index (χ1) is 7.31. The van der Waals surface area contributed by atoms with Crippen LogP contribution >= 0.6 is 0 Å². The molecule has 15 heavy (non-hydrogen) atoms. The summed E-state index contributed by atoms with van der Waals surface area (Å²) in [5.41, 5.74) is 1.62. The third-order valence-electron chi connectivity index (χ3n) is 2.45. The zero-order chi connectivity index (χ0) is 10.7. The molecule has 0 unspecified atom stereocenters. The van der Waals surface area contributed by atoms with Crippen LogP contribution in [0.3, 0.4) is 0 Å². The van der Waals surface area contributed by atoms with E-state index in [1.165, 1.54) is 12.8 Å². The van der Waals surface area contributed by atoms with Crippen LogP contribution in [0.1, 0.15) is 32.0 Å². The highest BCUT2D eigenvalue weighted by atomic mass is 15.1. The van der Waals surface area contributed by atoms with Gasteiger partial charge in [-0.05, 0) is 6.42 Å². The number of nitrogens with zero attached hydrogens (tertiary/aromatic N) is 4. The first-order valence-electron chi connectivity index (χ1n) is 5.37. The predicted octanol–water partition coefficient (Wildman–Crippen LogP) is 1.90. The third kappa shape index (κ3) is 2.14. The molecular formula is C11H15N4. The lowest BCUT2D eigenvalue weighted by Crippen LogP contribution is -1.96. The van der Waals surface area contributed by atoms with Gasteiger partial charge in [-0.1, -0.05) is 19.8 Å². The Kier molecular flexibility index (Phi) is 2.94. The average Bonchev–Trinajstić information content (AvgIpc) is 2.61. The molecule has 0 fully saturated rings. The van der Waals surface area contributed by atoms with Crippen LogP contribution in [0.5, 0.6) is 0 Å². The van der Waals surface area contributed by atoms with Crippen LogP contribution < -0.4 is 0 Å². The summed E-state index contributed by atoms with van der Waals surface area (Å²) in [5.74, 6) is 0.856. The minimum absolute atomic E-state index is 0.749. The number of imidazole rings is 1. The smallest absolute Gasteiger partial charge is 0.181 e. The molecule has 2 aromatic heterocycles. The maximum atomic E-state index is 4.39. The second kappa shape index (κ2) is 4.38. The highest BCUT2D eigenvalue weighted by molar-refractivity contribution is 5.68. The molecule has 0 N–H and O–H groups in total. The standard InChI is InChI=1S/C11H15N4/c1-3-4-5-6-10-12-7-9-11(14-10)13-8-15(9)2/h8H,3-6H2,1-2H3. The van der Waals surface area contributed by atoms with E-state index in [2.05, 4.69) is 28.1 Å². The first kappa shape index (κ1) is 10.1. The van der Waals surface area contributed by atoms with Crippen molar-refractivity contribution in [3.05, 3.63) is 18.3 Å². The summed E-state index contributed by atoms with van der Waals surface area (Å²) in [4.78, 5) is 12.8. The number of hydrogen-bond donors (Lipinski definition) is 0. The summed E-state index contributed by atoms with van der Waals surface area (Å²) >= 11 is 0. The summed E-state index contributed by atoms with van der Waals surface area (Å²) in [7, 11) is 1.92. The molecule has 0 saturated carbocycles. The summed E-state index contributed by atoms with van der Waals surface area (Å²) in [6, 6.07) is 0. The quantitative estimate of drug-likeness (QED) is 0.713. The Morgan fingerprint density at radius 1 is 1.40 bits per heavy atom. The van der Waals surface area contributed by atoms with Gasteiger partial charge in [-0.2, -0.15) is 0 Å². The van der Waals surface area contributed by atoms with Crippen molar-refractivity contribution < 1.29 is 0 Å². The van der Waals surface area contributed by atoms with Crippen LogP contribution in [0.25, 0.3) is 11.2 Å². The number of fused-ring (bicyclic) bond motifs is 1. The largest absolute Gasteiger partial charge is 0.331 e. The summed E-state index contributed by atoms with van der Waals surface area (Å²) in [5, 5.41) is 0. The molecule has 79 valence electrons. The first-order valence-corrected chi connectivity index (χ1v) is 5.37. The lowest BCUT2D eigenvalue weighted by molar-refractivity contribution is 0.695. The maximum Gasteiger partial charge on any atom is 0.181 e. The minimum atomic E-state index is 0.749. The van der Waals surface area contributed by atoms with Gasteiger partial charge in [-0.3, -0.25) is 0 Å². The molecule has 0 bridgehead atoms. The molecule has 4 heteroatoms. The van der Waals surface area contributed by atoms with E-state index >= 15 is 0 Å². The number of hydrogen-bond acceptors (Lipinski definition) is 3. The molecule has 0 atom stereocenters. The molecule has 4 nitrogen and oxygen atoms in total. The number of aryl methyl sites for hydroxylation is 2. The van der Waals surface area contributed by atoms with Gasteiger partial charge in [-0.15, -0.1) is 0 Å². The van der Waals surface area contributed by atoms with E-state index in [1.807, 2.05) is 11.6 Å². The van der Waals surface area contributed by atoms with Crippen LogP contribution in [0.4, 0.5) is 0 Å². The van der Waals surface area contributed by atoms with Gasteiger partial charge >= 0.3 is 0 Å². The summed E-state index contributed by atoms with van der Waals surface area (Å²) in [6.07, 6.45) is 9.24. The minimum Gasteiger partial charge on any atom is -0.331 e. The molecule has 0 aliphatic carbocycles. The monoisotopic (exact) mass is 203 g/mol.